The molecule has 0 saturated carbocycles. The second-order valence-electron chi connectivity index (χ2n) is 5.91. The van der Waals surface area contributed by atoms with Gasteiger partial charge in [-0.3, -0.25) is 4.79 Å². The van der Waals surface area contributed by atoms with Crippen LogP contribution in [0.2, 0.25) is 0 Å². The zero-order valence-electron chi connectivity index (χ0n) is 24.9. The fourth-order valence-corrected chi connectivity index (χ4v) is 3.58. The molecule has 1 unspecified atom stereocenters. The van der Waals surface area contributed by atoms with Gasteiger partial charge in [-0.15, -0.1) is 0 Å². The Bertz CT molecular complexity index is 1170. The predicted octanol–water partition coefficient (Wildman–Crippen LogP) is 2.66. The van der Waals surface area contributed by atoms with E-state index in [0.717, 1.165) is 4.90 Å². The fraction of sp³-hybridized carbons (Fsp3) is 0.632. The van der Waals surface area contributed by atoms with Gasteiger partial charge in [0.05, 0.1) is 4.11 Å². The minimum atomic E-state index is -2.89. The van der Waals surface area contributed by atoms with Gasteiger partial charge in [0.1, 0.15) is 0 Å². The van der Waals surface area contributed by atoms with Gasteiger partial charge in [-0.2, -0.15) is 0 Å². The van der Waals surface area contributed by atoms with Crippen LogP contribution in [0.5, 0.6) is 0 Å². The molecule has 0 radical (unpaired) electrons. The van der Waals surface area contributed by atoms with Crippen molar-refractivity contribution in [2.45, 2.75) is 43.9 Å². The van der Waals surface area contributed by atoms with Crippen molar-refractivity contribution in [1.82, 2.24) is 9.80 Å². The molecule has 4 atom stereocenters. The molecule has 2 bridgehead atoms. The Hall–Kier alpha value is -1.35. The van der Waals surface area contributed by atoms with E-state index in [4.69, 9.17) is 16.4 Å². The highest BCUT2D eigenvalue weighted by molar-refractivity contribution is 5.97. The first-order chi connectivity index (χ1) is 15.8. The monoisotopic (exact) mass is 309 g/mol. The summed E-state index contributed by atoms with van der Waals surface area (Å²) in [7, 11) is 0. The van der Waals surface area contributed by atoms with Gasteiger partial charge < -0.3 is 9.80 Å². The molecular formula is C19H24N2O. The highest BCUT2D eigenvalue weighted by Crippen LogP contribution is 2.41. The van der Waals surface area contributed by atoms with E-state index >= 15 is 0 Å². The van der Waals surface area contributed by atoms with Crippen LogP contribution in [-0.4, -0.2) is 47.8 Å². The number of hydrogen-bond donors (Lipinski definition) is 0. The Morgan fingerprint density at radius 3 is 3.27 bits per heavy atom. The minimum Gasteiger partial charge on any atom is -0.333 e. The van der Waals surface area contributed by atoms with Crippen LogP contribution in [0, 0.1) is 5.89 Å². The molecule has 5 aliphatic rings. The topological polar surface area (TPSA) is 23.6 Å². The first kappa shape index (κ1) is 5.62. The molecule has 1 amide bonds. The van der Waals surface area contributed by atoms with E-state index in [1.165, 1.54) is 0 Å². The number of fused-ring (bicyclic) bond motifs is 3. The summed E-state index contributed by atoms with van der Waals surface area (Å²) in [6, 6.07) is -3.81. The summed E-state index contributed by atoms with van der Waals surface area (Å²) in [6.45, 7) is -6.31. The van der Waals surface area contributed by atoms with E-state index < -0.39 is 79.7 Å². The van der Waals surface area contributed by atoms with Crippen molar-refractivity contribution in [2.24, 2.45) is 5.89 Å². The zero-order valence-corrected chi connectivity index (χ0v) is 11.9. The Balaban J connectivity index is 1.77. The van der Waals surface area contributed by atoms with E-state index in [-0.39, 0.29) is 36.9 Å². The molecule has 4 aliphatic heterocycles. The summed E-state index contributed by atoms with van der Waals surface area (Å²) >= 11 is 0. The summed E-state index contributed by atoms with van der Waals surface area (Å²) in [6.07, 6.45) is -5.64. The molecule has 3 fully saturated rings. The average molecular weight is 309 g/mol. The predicted molar refractivity (Wildman–Crippen MR) is 86.1 cm³/mol. The summed E-state index contributed by atoms with van der Waals surface area (Å²) in [5, 5.41) is 0. The van der Waals surface area contributed by atoms with Crippen molar-refractivity contribution in [3.63, 3.8) is 0 Å². The lowest BCUT2D eigenvalue weighted by Crippen LogP contribution is -2.60. The first-order valence-corrected chi connectivity index (χ1v) is 7.51. The van der Waals surface area contributed by atoms with Crippen LogP contribution >= 0.6 is 0 Å². The summed E-state index contributed by atoms with van der Waals surface area (Å²) < 4.78 is 111. The number of carbonyl (C=O) groups excluding carboxylic acids is 1. The Morgan fingerprint density at radius 2 is 2.32 bits per heavy atom. The maximum atomic E-state index is 13.8. The third-order valence-corrected chi connectivity index (χ3v) is 4.67. The molecule has 1 aromatic carbocycles. The molecule has 1 aliphatic carbocycles. The maximum absolute atomic E-state index is 13.8. The molecular weight excluding hydrogens is 272 g/mol. The van der Waals surface area contributed by atoms with Crippen LogP contribution in [0.15, 0.2) is 18.1 Å². The molecule has 22 heavy (non-hydrogen) atoms. The van der Waals surface area contributed by atoms with Crippen molar-refractivity contribution >= 4 is 5.91 Å². The van der Waals surface area contributed by atoms with Crippen LogP contribution in [0.25, 0.3) is 0 Å². The quantitative estimate of drug-likeness (QED) is 0.796. The van der Waals surface area contributed by atoms with Gasteiger partial charge in [0.15, 0.2) is 0 Å². The molecule has 3 saturated heterocycles. The van der Waals surface area contributed by atoms with E-state index in [9.17, 15) is 6.17 Å². The van der Waals surface area contributed by atoms with Gasteiger partial charge in [-0.25, -0.2) is 0 Å². The smallest absolute Gasteiger partial charge is 0.254 e. The van der Waals surface area contributed by atoms with Gasteiger partial charge in [-0.1, -0.05) is 12.1 Å². The lowest BCUT2D eigenvalue weighted by molar-refractivity contribution is 0.00258. The van der Waals surface area contributed by atoms with Crippen molar-refractivity contribution in [2.75, 3.05) is 26.1 Å². The van der Waals surface area contributed by atoms with Crippen molar-refractivity contribution in [3.05, 3.63) is 34.8 Å². The van der Waals surface area contributed by atoms with Gasteiger partial charge in [-0.05, 0) is 68.1 Å². The lowest BCUT2D eigenvalue weighted by atomic mass is 9.75. The van der Waals surface area contributed by atoms with Crippen LogP contribution in [-0.2, 0) is 6.37 Å². The molecule has 0 N–H and O–H groups in total. The van der Waals surface area contributed by atoms with Crippen LogP contribution in [0.4, 0.5) is 0 Å². The number of hydrogen-bond acceptors (Lipinski definition) is 2. The molecule has 0 spiro atoms. The van der Waals surface area contributed by atoms with Gasteiger partial charge in [0.25, 0.3) is 5.91 Å². The summed E-state index contributed by atoms with van der Waals surface area (Å²) in [5.74, 6) is -5.23. The SMILES string of the molecule is [2H]c1c([2H])c2c3c(c1[2H])C([2H])([2H])CC[C@]3([2H])CN([C@@H]1C([2H])([2H])N3CC[C@]1([2H])C([2H])([2H])C3([2H])[2H])C2=O. The van der Waals surface area contributed by atoms with Gasteiger partial charge in [0.2, 0.25) is 0 Å². The van der Waals surface area contributed by atoms with E-state index in [0.29, 0.717) is 4.90 Å². The molecule has 4 heterocycles. The minimum absolute atomic E-state index is 0.141. The molecule has 0 aromatic heterocycles. The Kier molecular flexibility index (Phi) is 1.23. The van der Waals surface area contributed by atoms with E-state index in [1.807, 2.05) is 0 Å². The van der Waals surface area contributed by atoms with Crippen LogP contribution < -0.4 is 0 Å². The molecule has 3 heteroatoms. The Morgan fingerprint density at radius 1 is 1.36 bits per heavy atom. The second-order valence-corrected chi connectivity index (χ2v) is 5.91. The van der Waals surface area contributed by atoms with Crippen molar-refractivity contribution in [3.8, 4) is 0 Å². The highest BCUT2D eigenvalue weighted by Gasteiger charge is 2.43. The largest absolute Gasteiger partial charge is 0.333 e. The molecule has 116 valence electrons. The molecule has 3 nitrogen and oxygen atoms in total. The van der Waals surface area contributed by atoms with E-state index in [2.05, 4.69) is 0 Å². The molecule has 1 aromatic rings. The fourth-order valence-electron chi connectivity index (χ4n) is 3.58. The van der Waals surface area contributed by atoms with Crippen LogP contribution in [0.1, 0.15) is 70.8 Å². The molecule has 6 rings (SSSR count). The average Bonchev–Trinajstić information content (AvgIpc) is 2.71. The number of rotatable bonds is 1. The number of carbonyl (C=O) groups is 1. The van der Waals surface area contributed by atoms with Gasteiger partial charge >= 0.3 is 0 Å². The third-order valence-electron chi connectivity index (χ3n) is 4.67. The number of amides is 1. The third kappa shape index (κ3) is 1.81. The zero-order chi connectivity index (χ0) is 26.3. The first-order valence-electron chi connectivity index (χ1n) is 14.0. The second kappa shape index (κ2) is 4.82. The lowest BCUT2D eigenvalue weighted by Gasteiger charge is -2.51. The highest BCUT2D eigenvalue weighted by atomic mass is 16.2. The van der Waals surface area contributed by atoms with Crippen molar-refractivity contribution in [1.29, 1.82) is 0 Å². The maximum Gasteiger partial charge on any atom is 0.254 e. The number of piperidine rings is 3. The Labute approximate surface area is 150 Å². The number of benzene rings is 1. The standard InChI is InChI=1S/C19H24N2O/c22-19-16-6-2-4-14-3-1-5-15(18(14)16)11-21(19)17-12-20-9-7-13(17)8-10-20/h2,4,6,13,15,17H,1,3,5,7-12H2/t15-,17-/m1/s1/i2D,3D2,4D,6D,7D2,9D2,12D2,13D,15D/t13-,15+,17+/m0. The normalized spacial score (nSPS) is 60.8. The number of nitrogens with zero attached hydrogens (tertiary/aromatic N) is 2. The summed E-state index contributed by atoms with van der Waals surface area (Å²) in [4.78, 5) is 15.4. The summed E-state index contributed by atoms with van der Waals surface area (Å²) in [5.41, 5.74) is -0.961. The van der Waals surface area contributed by atoms with Crippen LogP contribution in [0.3, 0.4) is 0 Å². The van der Waals surface area contributed by atoms with E-state index in [1.54, 1.807) is 0 Å². The van der Waals surface area contributed by atoms with Gasteiger partial charge in [0, 0.05) is 44.2 Å². The van der Waals surface area contributed by atoms with Crippen molar-refractivity contribution < 1.29 is 22.6 Å².